The number of benzene rings is 1. The minimum absolute atomic E-state index is 0.355. The molecule has 0 N–H and O–H groups in total. The van der Waals surface area contributed by atoms with E-state index in [1.165, 1.54) is 7.11 Å². The van der Waals surface area contributed by atoms with Gasteiger partial charge in [0, 0.05) is 0 Å². The molecule has 86 valence electrons. The minimum atomic E-state index is -0.355. The minimum Gasteiger partial charge on any atom is -0.493 e. The monoisotopic (exact) mass is 222 g/mol. The molecular formula is C12H14O4. The molecule has 0 bridgehead atoms. The van der Waals surface area contributed by atoms with Crippen LogP contribution < -0.4 is 9.47 Å². The van der Waals surface area contributed by atoms with Gasteiger partial charge in [0.2, 0.25) is 0 Å². The Bertz CT molecular complexity index is 394. The Morgan fingerprint density at radius 2 is 2.19 bits per heavy atom. The zero-order valence-corrected chi connectivity index (χ0v) is 9.41. The lowest BCUT2D eigenvalue weighted by Crippen LogP contribution is -2.11. The number of ether oxygens (including phenoxy) is 3. The number of hydrogen-bond donors (Lipinski definition) is 0. The maximum Gasteiger partial charge on any atom is 0.337 e. The summed E-state index contributed by atoms with van der Waals surface area (Å²) in [6, 6.07) is 3.46. The first-order chi connectivity index (χ1) is 7.76. The van der Waals surface area contributed by atoms with Crippen LogP contribution in [0.3, 0.4) is 0 Å². The topological polar surface area (TPSA) is 44.8 Å². The van der Waals surface area contributed by atoms with Crippen molar-refractivity contribution in [3.63, 3.8) is 0 Å². The summed E-state index contributed by atoms with van der Waals surface area (Å²) in [6.07, 6.45) is 1.86. The molecule has 1 aliphatic heterocycles. The second-order valence-corrected chi connectivity index (χ2v) is 3.61. The van der Waals surface area contributed by atoms with Crippen LogP contribution in [0.1, 0.15) is 22.3 Å². The molecule has 0 saturated carbocycles. The molecule has 1 aromatic rings. The highest BCUT2D eigenvalue weighted by atomic mass is 16.5. The number of hydrogen-bond acceptors (Lipinski definition) is 4. The fourth-order valence-corrected chi connectivity index (χ4v) is 1.83. The van der Waals surface area contributed by atoms with Gasteiger partial charge < -0.3 is 14.2 Å². The van der Waals surface area contributed by atoms with E-state index in [0.717, 1.165) is 24.2 Å². The molecule has 2 rings (SSSR count). The zero-order chi connectivity index (χ0) is 11.5. The molecule has 1 aliphatic rings. The molecule has 16 heavy (non-hydrogen) atoms. The number of fused-ring (bicyclic) bond motifs is 1. The van der Waals surface area contributed by atoms with E-state index < -0.39 is 0 Å². The number of methoxy groups -OCH3 is 2. The Morgan fingerprint density at radius 3 is 2.88 bits per heavy atom. The maximum absolute atomic E-state index is 11.4. The average molecular weight is 222 g/mol. The van der Waals surface area contributed by atoms with E-state index in [2.05, 4.69) is 0 Å². The van der Waals surface area contributed by atoms with Crippen molar-refractivity contribution in [2.24, 2.45) is 0 Å². The van der Waals surface area contributed by atoms with Gasteiger partial charge in [0.05, 0.1) is 26.4 Å². The predicted molar refractivity (Wildman–Crippen MR) is 58.1 cm³/mol. The van der Waals surface area contributed by atoms with E-state index in [9.17, 15) is 4.79 Å². The molecule has 0 fully saturated rings. The van der Waals surface area contributed by atoms with Gasteiger partial charge in [-0.2, -0.15) is 0 Å². The fourth-order valence-electron chi connectivity index (χ4n) is 1.83. The van der Waals surface area contributed by atoms with Gasteiger partial charge in [0.25, 0.3) is 0 Å². The van der Waals surface area contributed by atoms with Crippen molar-refractivity contribution in [1.82, 2.24) is 0 Å². The molecule has 1 heterocycles. The standard InChI is InChI=1S/C12H14O4/c1-14-10-7-9(12(13)15-2)6-8-4-3-5-16-11(8)10/h6-7H,3-5H2,1-2H3. The molecule has 0 unspecified atom stereocenters. The third kappa shape index (κ3) is 1.83. The normalized spacial score (nSPS) is 13.6. The van der Waals surface area contributed by atoms with E-state index in [4.69, 9.17) is 14.2 Å². The molecule has 4 heteroatoms. The van der Waals surface area contributed by atoms with Crippen LogP contribution in [0.15, 0.2) is 12.1 Å². The summed E-state index contributed by atoms with van der Waals surface area (Å²) in [4.78, 5) is 11.4. The number of rotatable bonds is 2. The third-order valence-corrected chi connectivity index (χ3v) is 2.61. The molecule has 0 aliphatic carbocycles. The van der Waals surface area contributed by atoms with E-state index in [1.807, 2.05) is 6.07 Å². The van der Waals surface area contributed by atoms with Gasteiger partial charge in [-0.05, 0) is 30.5 Å². The van der Waals surface area contributed by atoms with Gasteiger partial charge in [-0.3, -0.25) is 0 Å². The van der Waals surface area contributed by atoms with Crippen molar-refractivity contribution < 1.29 is 19.0 Å². The first kappa shape index (κ1) is 10.8. The van der Waals surface area contributed by atoms with Gasteiger partial charge in [-0.1, -0.05) is 0 Å². The Kier molecular flexibility index (Phi) is 2.99. The van der Waals surface area contributed by atoms with Crippen molar-refractivity contribution >= 4 is 5.97 Å². The van der Waals surface area contributed by atoms with Crippen molar-refractivity contribution in [3.8, 4) is 11.5 Å². The first-order valence-corrected chi connectivity index (χ1v) is 5.18. The number of esters is 1. The highest BCUT2D eigenvalue weighted by Gasteiger charge is 2.19. The molecule has 0 amide bonds. The van der Waals surface area contributed by atoms with Gasteiger partial charge in [0.15, 0.2) is 11.5 Å². The highest BCUT2D eigenvalue weighted by molar-refractivity contribution is 5.90. The lowest BCUT2D eigenvalue weighted by Gasteiger charge is -2.20. The molecule has 0 radical (unpaired) electrons. The van der Waals surface area contributed by atoms with Crippen LogP contribution in [0.25, 0.3) is 0 Å². The summed E-state index contributed by atoms with van der Waals surface area (Å²) >= 11 is 0. The molecule has 0 saturated heterocycles. The van der Waals surface area contributed by atoms with Crippen LogP contribution >= 0.6 is 0 Å². The van der Waals surface area contributed by atoms with Crippen molar-refractivity contribution in [1.29, 1.82) is 0 Å². The summed E-state index contributed by atoms with van der Waals surface area (Å²) in [5.41, 5.74) is 1.51. The molecular weight excluding hydrogens is 208 g/mol. The molecule has 0 aromatic heterocycles. The molecule has 1 aromatic carbocycles. The van der Waals surface area contributed by atoms with E-state index in [-0.39, 0.29) is 5.97 Å². The number of carbonyl (C=O) groups excluding carboxylic acids is 1. The largest absolute Gasteiger partial charge is 0.493 e. The second-order valence-electron chi connectivity index (χ2n) is 3.61. The zero-order valence-electron chi connectivity index (χ0n) is 9.41. The van der Waals surface area contributed by atoms with Gasteiger partial charge >= 0.3 is 5.97 Å². The summed E-state index contributed by atoms with van der Waals surface area (Å²) < 4.78 is 15.4. The highest BCUT2D eigenvalue weighted by Crippen LogP contribution is 2.36. The summed E-state index contributed by atoms with van der Waals surface area (Å²) in [5, 5.41) is 0. The second kappa shape index (κ2) is 4.43. The Labute approximate surface area is 94.1 Å². The van der Waals surface area contributed by atoms with Gasteiger partial charge in [0.1, 0.15) is 0 Å². The van der Waals surface area contributed by atoms with Crippen LogP contribution in [-0.2, 0) is 11.2 Å². The third-order valence-electron chi connectivity index (χ3n) is 2.61. The lowest BCUT2D eigenvalue weighted by atomic mass is 10.0. The van der Waals surface area contributed by atoms with Crippen molar-refractivity contribution in [2.75, 3.05) is 20.8 Å². The Balaban J connectivity index is 2.47. The Hall–Kier alpha value is -1.71. The SMILES string of the molecule is COC(=O)c1cc2c(c(OC)c1)OCCC2. The van der Waals surface area contributed by atoms with Crippen LogP contribution in [0.4, 0.5) is 0 Å². The van der Waals surface area contributed by atoms with E-state index >= 15 is 0 Å². The van der Waals surface area contributed by atoms with Crippen LogP contribution in [-0.4, -0.2) is 26.8 Å². The number of carbonyl (C=O) groups is 1. The van der Waals surface area contributed by atoms with E-state index in [1.54, 1.807) is 13.2 Å². The smallest absolute Gasteiger partial charge is 0.337 e. The lowest BCUT2D eigenvalue weighted by molar-refractivity contribution is 0.0600. The quantitative estimate of drug-likeness (QED) is 0.716. The fraction of sp³-hybridized carbons (Fsp3) is 0.417. The van der Waals surface area contributed by atoms with Crippen molar-refractivity contribution in [3.05, 3.63) is 23.3 Å². The summed E-state index contributed by atoms with van der Waals surface area (Å²) in [6.45, 7) is 0.695. The summed E-state index contributed by atoms with van der Waals surface area (Å²) in [5.74, 6) is 0.991. The van der Waals surface area contributed by atoms with Gasteiger partial charge in [-0.25, -0.2) is 4.79 Å². The van der Waals surface area contributed by atoms with Crippen molar-refractivity contribution in [2.45, 2.75) is 12.8 Å². The average Bonchev–Trinajstić information content (AvgIpc) is 2.36. The van der Waals surface area contributed by atoms with Crippen LogP contribution in [0, 0.1) is 0 Å². The van der Waals surface area contributed by atoms with Gasteiger partial charge in [-0.15, -0.1) is 0 Å². The molecule has 0 atom stereocenters. The summed E-state index contributed by atoms with van der Waals surface area (Å²) in [7, 11) is 2.93. The van der Waals surface area contributed by atoms with Crippen LogP contribution in [0.2, 0.25) is 0 Å². The first-order valence-electron chi connectivity index (χ1n) is 5.18. The predicted octanol–water partition coefficient (Wildman–Crippen LogP) is 1.81. The molecule has 0 spiro atoms. The van der Waals surface area contributed by atoms with E-state index in [0.29, 0.717) is 17.9 Å². The molecule has 4 nitrogen and oxygen atoms in total. The van der Waals surface area contributed by atoms with Crippen LogP contribution in [0.5, 0.6) is 11.5 Å². The number of aryl methyl sites for hydroxylation is 1. The Morgan fingerprint density at radius 1 is 1.38 bits per heavy atom. The maximum atomic E-state index is 11.4.